The van der Waals surface area contributed by atoms with Crippen LogP contribution in [0.25, 0.3) is 10.8 Å². The smallest absolute Gasteiger partial charge is 0.0366 e. The van der Waals surface area contributed by atoms with Gasteiger partial charge in [-0.15, -0.1) is 0 Å². The summed E-state index contributed by atoms with van der Waals surface area (Å²) in [6.45, 7) is 5.71. The van der Waals surface area contributed by atoms with Crippen LogP contribution in [-0.4, -0.2) is 18.0 Å². The lowest BCUT2D eigenvalue weighted by Gasteiger charge is -2.17. The Hall–Kier alpha value is -1.54. The van der Waals surface area contributed by atoms with Crippen molar-refractivity contribution in [3.63, 3.8) is 0 Å². The third-order valence-electron chi connectivity index (χ3n) is 3.91. The zero-order valence-electron chi connectivity index (χ0n) is 10.9. The molecule has 0 aliphatic carbocycles. The molecule has 1 unspecified atom stereocenters. The maximum atomic E-state index is 6.17. The van der Waals surface area contributed by atoms with E-state index < -0.39 is 0 Å². The second kappa shape index (κ2) is 4.62. The maximum absolute atomic E-state index is 6.17. The number of nitrogens with two attached hydrogens (primary N) is 1. The minimum atomic E-state index is 0.826. The van der Waals surface area contributed by atoms with Crippen molar-refractivity contribution in [1.82, 2.24) is 4.90 Å². The maximum Gasteiger partial charge on any atom is 0.0366 e. The number of nitrogens with zero attached hydrogens (tertiary/aromatic N) is 1. The molecule has 0 bridgehead atoms. The molecule has 2 aromatic rings. The number of benzene rings is 2. The molecule has 1 aliphatic heterocycles. The zero-order valence-corrected chi connectivity index (χ0v) is 10.9. The molecule has 1 atom stereocenters. The van der Waals surface area contributed by atoms with Gasteiger partial charge in [-0.25, -0.2) is 0 Å². The number of nitrogen functional groups attached to an aromatic ring is 1. The van der Waals surface area contributed by atoms with Gasteiger partial charge in [-0.2, -0.15) is 0 Å². The van der Waals surface area contributed by atoms with Gasteiger partial charge in [-0.3, -0.25) is 4.90 Å². The molecule has 0 amide bonds. The minimum absolute atomic E-state index is 0.826. The average Bonchev–Trinajstić information content (AvgIpc) is 2.76. The van der Waals surface area contributed by atoms with E-state index in [2.05, 4.69) is 48.2 Å². The number of hydrogen-bond donors (Lipinski definition) is 1. The van der Waals surface area contributed by atoms with Crippen LogP contribution < -0.4 is 5.73 Å². The number of likely N-dealkylation sites (tertiary alicyclic amines) is 1. The lowest BCUT2D eigenvalue weighted by molar-refractivity contribution is 0.321. The van der Waals surface area contributed by atoms with Crippen LogP contribution in [0, 0.1) is 5.92 Å². The fraction of sp³-hybridized carbons (Fsp3) is 0.375. The third kappa shape index (κ3) is 2.21. The molecule has 2 N–H and O–H groups in total. The van der Waals surface area contributed by atoms with Gasteiger partial charge in [-0.1, -0.05) is 31.2 Å². The van der Waals surface area contributed by atoms with E-state index in [1.165, 1.54) is 35.8 Å². The molecule has 2 nitrogen and oxygen atoms in total. The molecule has 18 heavy (non-hydrogen) atoms. The summed E-state index contributed by atoms with van der Waals surface area (Å²) in [5.74, 6) is 0.826. The van der Waals surface area contributed by atoms with Crippen molar-refractivity contribution in [2.45, 2.75) is 19.9 Å². The Morgan fingerprint density at radius 3 is 2.61 bits per heavy atom. The molecule has 1 saturated heterocycles. The largest absolute Gasteiger partial charge is 0.398 e. The van der Waals surface area contributed by atoms with E-state index in [-0.39, 0.29) is 0 Å². The predicted molar refractivity (Wildman–Crippen MR) is 77.4 cm³/mol. The molecule has 94 valence electrons. The van der Waals surface area contributed by atoms with E-state index in [1.807, 2.05) is 0 Å². The van der Waals surface area contributed by atoms with E-state index in [4.69, 9.17) is 5.73 Å². The fourth-order valence-electron chi connectivity index (χ4n) is 2.85. The number of rotatable bonds is 2. The summed E-state index contributed by atoms with van der Waals surface area (Å²) >= 11 is 0. The van der Waals surface area contributed by atoms with Crippen molar-refractivity contribution < 1.29 is 0 Å². The molecule has 1 heterocycles. The van der Waals surface area contributed by atoms with Gasteiger partial charge in [0.2, 0.25) is 0 Å². The fourth-order valence-corrected chi connectivity index (χ4v) is 2.85. The lowest BCUT2D eigenvalue weighted by atomic mass is 10.0. The van der Waals surface area contributed by atoms with Crippen molar-refractivity contribution in [2.75, 3.05) is 18.8 Å². The Bertz CT molecular complexity index is 562. The van der Waals surface area contributed by atoms with Crippen molar-refractivity contribution in [2.24, 2.45) is 5.92 Å². The molecule has 0 spiro atoms. The van der Waals surface area contributed by atoms with Gasteiger partial charge >= 0.3 is 0 Å². The van der Waals surface area contributed by atoms with Crippen LogP contribution >= 0.6 is 0 Å². The van der Waals surface area contributed by atoms with Crippen LogP contribution in [0.1, 0.15) is 18.9 Å². The standard InChI is InChI=1S/C16H20N2/c1-12-6-7-18(10-12)11-15-8-13-4-2-3-5-14(13)9-16(15)17/h2-5,8-9,12H,6-7,10-11,17H2,1H3. The molecule has 2 aromatic carbocycles. The van der Waals surface area contributed by atoms with E-state index >= 15 is 0 Å². The van der Waals surface area contributed by atoms with Gasteiger partial charge in [0.1, 0.15) is 0 Å². The first-order valence-electron chi connectivity index (χ1n) is 6.72. The van der Waals surface area contributed by atoms with Crippen molar-refractivity contribution in [3.8, 4) is 0 Å². The second-order valence-electron chi connectivity index (χ2n) is 5.53. The molecule has 0 radical (unpaired) electrons. The van der Waals surface area contributed by atoms with Crippen LogP contribution in [0.5, 0.6) is 0 Å². The van der Waals surface area contributed by atoms with Gasteiger partial charge in [0.25, 0.3) is 0 Å². The van der Waals surface area contributed by atoms with E-state index in [1.54, 1.807) is 0 Å². The molecular formula is C16H20N2. The van der Waals surface area contributed by atoms with E-state index in [0.717, 1.165) is 18.2 Å². The monoisotopic (exact) mass is 240 g/mol. The number of fused-ring (bicyclic) bond motifs is 1. The summed E-state index contributed by atoms with van der Waals surface area (Å²) in [6.07, 6.45) is 1.31. The predicted octanol–water partition coefficient (Wildman–Crippen LogP) is 3.26. The van der Waals surface area contributed by atoms with Gasteiger partial charge in [0, 0.05) is 18.8 Å². The molecular weight excluding hydrogens is 220 g/mol. The second-order valence-corrected chi connectivity index (χ2v) is 5.53. The van der Waals surface area contributed by atoms with Crippen LogP contribution in [0.15, 0.2) is 36.4 Å². The van der Waals surface area contributed by atoms with Gasteiger partial charge in [0.05, 0.1) is 0 Å². The number of anilines is 1. The van der Waals surface area contributed by atoms with Gasteiger partial charge < -0.3 is 5.73 Å². The Kier molecular flexibility index (Phi) is 2.96. The van der Waals surface area contributed by atoms with Gasteiger partial charge in [-0.05, 0) is 47.4 Å². The van der Waals surface area contributed by atoms with Gasteiger partial charge in [0.15, 0.2) is 0 Å². The molecule has 2 heteroatoms. The van der Waals surface area contributed by atoms with Crippen LogP contribution in [0.3, 0.4) is 0 Å². The van der Waals surface area contributed by atoms with E-state index in [9.17, 15) is 0 Å². The van der Waals surface area contributed by atoms with Crippen LogP contribution in [0.4, 0.5) is 5.69 Å². The van der Waals surface area contributed by atoms with Crippen molar-refractivity contribution in [1.29, 1.82) is 0 Å². The van der Waals surface area contributed by atoms with E-state index in [0.29, 0.717) is 0 Å². The Morgan fingerprint density at radius 1 is 1.22 bits per heavy atom. The summed E-state index contributed by atoms with van der Waals surface area (Å²) in [7, 11) is 0. The topological polar surface area (TPSA) is 29.3 Å². The Labute approximate surface area is 108 Å². The lowest BCUT2D eigenvalue weighted by Crippen LogP contribution is -2.20. The highest BCUT2D eigenvalue weighted by Crippen LogP contribution is 2.25. The highest BCUT2D eigenvalue weighted by atomic mass is 15.1. The normalized spacial score (nSPS) is 20.6. The minimum Gasteiger partial charge on any atom is -0.398 e. The summed E-state index contributed by atoms with van der Waals surface area (Å²) in [5, 5.41) is 2.52. The third-order valence-corrected chi connectivity index (χ3v) is 3.91. The Morgan fingerprint density at radius 2 is 1.94 bits per heavy atom. The molecule has 1 aliphatic rings. The van der Waals surface area contributed by atoms with Crippen LogP contribution in [0.2, 0.25) is 0 Å². The highest BCUT2D eigenvalue weighted by molar-refractivity contribution is 5.86. The first-order chi connectivity index (χ1) is 8.72. The summed E-state index contributed by atoms with van der Waals surface area (Å²) in [5.41, 5.74) is 8.36. The van der Waals surface area contributed by atoms with Crippen LogP contribution in [-0.2, 0) is 6.54 Å². The summed E-state index contributed by atoms with van der Waals surface area (Å²) < 4.78 is 0. The quantitative estimate of drug-likeness (QED) is 0.816. The SMILES string of the molecule is CC1CCN(Cc2cc3ccccc3cc2N)C1. The summed E-state index contributed by atoms with van der Waals surface area (Å²) in [6, 6.07) is 12.8. The number of hydrogen-bond acceptors (Lipinski definition) is 2. The summed E-state index contributed by atoms with van der Waals surface area (Å²) in [4.78, 5) is 2.51. The van der Waals surface area contributed by atoms with Crippen molar-refractivity contribution >= 4 is 16.5 Å². The molecule has 3 rings (SSSR count). The first kappa shape index (κ1) is 11.5. The average molecular weight is 240 g/mol. The molecule has 0 saturated carbocycles. The zero-order chi connectivity index (χ0) is 12.5. The Balaban J connectivity index is 1.89. The first-order valence-corrected chi connectivity index (χ1v) is 6.72. The highest BCUT2D eigenvalue weighted by Gasteiger charge is 2.19. The van der Waals surface area contributed by atoms with Crippen molar-refractivity contribution in [3.05, 3.63) is 42.0 Å². The molecule has 0 aromatic heterocycles. The molecule has 1 fully saturated rings.